The minimum Gasteiger partial charge on any atom is -0.478 e. The molecule has 3 fully saturated rings. The Labute approximate surface area is 250 Å². The summed E-state index contributed by atoms with van der Waals surface area (Å²) in [7, 11) is -3.79. The molecule has 0 aromatic heterocycles. The highest BCUT2D eigenvalue weighted by Gasteiger charge is 2.47. The number of sulfonamides is 1. The van der Waals surface area contributed by atoms with Crippen molar-refractivity contribution in [3.63, 3.8) is 0 Å². The molecule has 7 nitrogen and oxygen atoms in total. The number of carbonyl (C=O) groups is 1. The predicted molar refractivity (Wildman–Crippen MR) is 160 cm³/mol. The highest BCUT2D eigenvalue weighted by Crippen LogP contribution is 2.46. The lowest BCUT2D eigenvalue weighted by Crippen LogP contribution is -2.41. The van der Waals surface area contributed by atoms with Crippen molar-refractivity contribution in [3.05, 3.63) is 99.5 Å². The van der Waals surface area contributed by atoms with Gasteiger partial charge in [-0.2, -0.15) is 4.31 Å². The number of rotatable bonds is 7. The van der Waals surface area contributed by atoms with E-state index in [0.717, 1.165) is 25.7 Å². The van der Waals surface area contributed by atoms with Crippen molar-refractivity contribution in [3.8, 4) is 0 Å². The summed E-state index contributed by atoms with van der Waals surface area (Å²) in [6, 6.07) is 22.4. The second-order valence-corrected chi connectivity index (χ2v) is 14.3. The number of nitrogens with one attached hydrogen (secondary N) is 2. The number of fused-ring (bicyclic) bond motifs is 1. The summed E-state index contributed by atoms with van der Waals surface area (Å²) in [5, 5.41) is 10.8. The summed E-state index contributed by atoms with van der Waals surface area (Å²) in [6.45, 7) is 0.826. The molecule has 216 valence electrons. The second-order valence-electron chi connectivity index (χ2n) is 11.5. The van der Waals surface area contributed by atoms with Gasteiger partial charge in [-0.1, -0.05) is 53.5 Å². The zero-order valence-corrected chi connectivity index (χ0v) is 24.7. The topological polar surface area (TPSA) is 98.7 Å². The van der Waals surface area contributed by atoms with Crippen LogP contribution in [-0.2, 0) is 10.0 Å². The zero-order chi connectivity index (χ0) is 28.7. The van der Waals surface area contributed by atoms with Gasteiger partial charge in [0.05, 0.1) is 10.5 Å². The van der Waals surface area contributed by atoms with Gasteiger partial charge in [-0.3, -0.25) is 10.9 Å². The molecule has 5 atom stereocenters. The van der Waals surface area contributed by atoms with Crippen molar-refractivity contribution in [2.75, 3.05) is 13.1 Å². The van der Waals surface area contributed by atoms with Crippen LogP contribution in [0.3, 0.4) is 0 Å². The fourth-order valence-electron chi connectivity index (χ4n) is 7.18. The van der Waals surface area contributed by atoms with Gasteiger partial charge in [-0.15, -0.1) is 0 Å². The summed E-state index contributed by atoms with van der Waals surface area (Å²) in [5.74, 6) is -0.0236. The van der Waals surface area contributed by atoms with Crippen molar-refractivity contribution in [2.45, 2.75) is 48.6 Å². The van der Waals surface area contributed by atoms with Crippen LogP contribution in [0.5, 0.6) is 0 Å². The van der Waals surface area contributed by atoms with Gasteiger partial charge in [0.1, 0.15) is 0 Å². The second kappa shape index (κ2) is 11.7. The number of carboxylic acid groups (broad SMARTS) is 1. The van der Waals surface area contributed by atoms with Crippen LogP contribution in [0.2, 0.25) is 10.0 Å². The summed E-state index contributed by atoms with van der Waals surface area (Å²) in [5.41, 5.74) is 9.51. The largest absolute Gasteiger partial charge is 0.478 e. The van der Waals surface area contributed by atoms with Crippen molar-refractivity contribution in [1.29, 1.82) is 0 Å². The van der Waals surface area contributed by atoms with E-state index in [4.69, 9.17) is 23.2 Å². The Morgan fingerprint density at radius 3 is 2.20 bits per heavy atom. The molecule has 3 aliphatic rings. The van der Waals surface area contributed by atoms with Crippen LogP contribution in [0.25, 0.3) is 0 Å². The van der Waals surface area contributed by atoms with Crippen molar-refractivity contribution < 1.29 is 18.3 Å². The lowest BCUT2D eigenvalue weighted by molar-refractivity contribution is 0.0696. The highest BCUT2D eigenvalue weighted by atomic mass is 35.5. The monoisotopic (exact) mass is 613 g/mol. The smallest absolute Gasteiger partial charge is 0.335 e. The van der Waals surface area contributed by atoms with E-state index in [1.54, 1.807) is 0 Å². The first-order valence-electron chi connectivity index (χ1n) is 14.1. The molecule has 10 heteroatoms. The van der Waals surface area contributed by atoms with Gasteiger partial charge in [0.25, 0.3) is 0 Å². The van der Waals surface area contributed by atoms with Gasteiger partial charge in [-0.25, -0.2) is 13.2 Å². The van der Waals surface area contributed by atoms with E-state index in [2.05, 4.69) is 35.1 Å². The number of hydrogen-bond donors (Lipinski definition) is 3. The molecule has 3 N–H and O–H groups in total. The minimum absolute atomic E-state index is 0.0277. The average Bonchev–Trinajstić information content (AvgIpc) is 3.63. The minimum atomic E-state index is -3.79. The Bertz CT molecular complexity index is 1470. The molecule has 0 amide bonds. The molecular formula is C31H33Cl2N3O4S. The Kier molecular flexibility index (Phi) is 8.15. The van der Waals surface area contributed by atoms with Crippen LogP contribution in [0.1, 0.15) is 53.1 Å². The number of hydrogen-bond acceptors (Lipinski definition) is 5. The SMILES string of the molecule is O=C(O)c1cccc(S(=O)(=O)N2CCC(C3NNC4CCC(C(c5ccc(Cl)cc5)c5ccc(Cl)cc5)CC43)C2)c1. The van der Waals surface area contributed by atoms with Crippen LogP contribution in [0, 0.1) is 17.8 Å². The zero-order valence-electron chi connectivity index (χ0n) is 22.4. The lowest BCUT2D eigenvalue weighted by atomic mass is 9.66. The number of benzene rings is 3. The number of halogens is 2. The summed E-state index contributed by atoms with van der Waals surface area (Å²) in [6.07, 6.45) is 3.87. The molecule has 3 aromatic carbocycles. The third-order valence-corrected chi connectivity index (χ3v) is 11.5. The van der Waals surface area contributed by atoms with E-state index >= 15 is 0 Å². The molecule has 5 unspecified atom stereocenters. The molecule has 1 saturated carbocycles. The van der Waals surface area contributed by atoms with Crippen molar-refractivity contribution in [1.82, 2.24) is 15.2 Å². The van der Waals surface area contributed by atoms with E-state index in [1.807, 2.05) is 24.3 Å². The molecule has 2 heterocycles. The quantitative estimate of drug-likeness (QED) is 0.312. The van der Waals surface area contributed by atoms with E-state index in [9.17, 15) is 18.3 Å². The van der Waals surface area contributed by atoms with Crippen molar-refractivity contribution >= 4 is 39.2 Å². The van der Waals surface area contributed by atoms with Gasteiger partial charge >= 0.3 is 5.97 Å². The maximum atomic E-state index is 13.4. The van der Waals surface area contributed by atoms with E-state index in [-0.39, 0.29) is 28.3 Å². The Morgan fingerprint density at radius 2 is 1.56 bits per heavy atom. The molecule has 0 bridgehead atoms. The van der Waals surface area contributed by atoms with Gasteiger partial charge in [-0.05, 0) is 97.0 Å². The van der Waals surface area contributed by atoms with E-state index in [1.165, 1.54) is 39.7 Å². The number of aromatic carboxylic acids is 1. The highest BCUT2D eigenvalue weighted by molar-refractivity contribution is 7.89. The van der Waals surface area contributed by atoms with Gasteiger partial charge in [0, 0.05) is 41.1 Å². The van der Waals surface area contributed by atoms with Crippen molar-refractivity contribution in [2.24, 2.45) is 17.8 Å². The third-order valence-electron chi connectivity index (χ3n) is 9.18. The van der Waals surface area contributed by atoms with E-state index < -0.39 is 16.0 Å². The summed E-state index contributed by atoms with van der Waals surface area (Å²) in [4.78, 5) is 11.4. The normalized spacial score (nSPS) is 26.8. The molecule has 0 radical (unpaired) electrons. The summed E-state index contributed by atoms with van der Waals surface area (Å²) < 4.78 is 28.4. The van der Waals surface area contributed by atoms with Crippen LogP contribution >= 0.6 is 23.2 Å². The maximum absolute atomic E-state index is 13.4. The molecule has 6 rings (SSSR count). The van der Waals surface area contributed by atoms with E-state index in [0.29, 0.717) is 41.0 Å². The first kappa shape index (κ1) is 28.6. The van der Waals surface area contributed by atoms with Gasteiger partial charge in [0.2, 0.25) is 10.0 Å². The Balaban J connectivity index is 1.21. The standard InChI is InChI=1S/C31H33Cl2N3O4S/c32-24-9-4-19(5-10-24)29(20-6-11-25(33)12-7-20)21-8-13-28-27(17-21)30(35-34-28)23-14-15-36(18-23)41(39,40)26-3-1-2-22(16-26)31(37)38/h1-7,9-12,16,21,23,27-30,34-35H,8,13-15,17-18H2,(H,37,38). The van der Waals surface area contributed by atoms with Crippen LogP contribution in [0.15, 0.2) is 77.7 Å². The van der Waals surface area contributed by atoms with Gasteiger partial charge < -0.3 is 5.11 Å². The Morgan fingerprint density at radius 1 is 0.902 bits per heavy atom. The summed E-state index contributed by atoms with van der Waals surface area (Å²) >= 11 is 12.5. The van der Waals surface area contributed by atoms with Crippen LogP contribution in [0.4, 0.5) is 0 Å². The van der Waals surface area contributed by atoms with Crippen LogP contribution in [-0.4, -0.2) is 49.0 Å². The molecule has 2 aliphatic heterocycles. The molecule has 2 saturated heterocycles. The molecule has 41 heavy (non-hydrogen) atoms. The lowest BCUT2D eigenvalue weighted by Gasteiger charge is -2.39. The first-order chi connectivity index (χ1) is 19.7. The molecule has 3 aromatic rings. The predicted octanol–water partition coefficient (Wildman–Crippen LogP) is 5.80. The third kappa shape index (κ3) is 5.78. The first-order valence-corrected chi connectivity index (χ1v) is 16.3. The Hall–Kier alpha value is -2.46. The fourth-order valence-corrected chi connectivity index (χ4v) is 8.99. The number of carboxylic acids is 1. The number of hydrazine groups is 1. The number of nitrogens with zero attached hydrogens (tertiary/aromatic N) is 1. The average molecular weight is 615 g/mol. The molecule has 1 aliphatic carbocycles. The fraction of sp³-hybridized carbons (Fsp3) is 0.387. The van der Waals surface area contributed by atoms with Gasteiger partial charge in [0.15, 0.2) is 0 Å². The maximum Gasteiger partial charge on any atom is 0.335 e. The molecule has 0 spiro atoms. The molecular weight excluding hydrogens is 581 g/mol. The van der Waals surface area contributed by atoms with Crippen LogP contribution < -0.4 is 10.9 Å².